The molecule has 2 aromatic heterocycles. The van der Waals surface area contributed by atoms with Crippen molar-refractivity contribution in [3.05, 3.63) is 65.6 Å². The maximum Gasteiger partial charge on any atom is 0.182 e. The van der Waals surface area contributed by atoms with E-state index < -0.39 is 0 Å². The molecule has 0 N–H and O–H groups in total. The summed E-state index contributed by atoms with van der Waals surface area (Å²) < 4.78 is 25.8. The number of pyridine rings is 1. The fourth-order valence-electron chi connectivity index (χ4n) is 4.13. The maximum atomic E-state index is 14.6. The van der Waals surface area contributed by atoms with Gasteiger partial charge in [-0.15, -0.1) is 0 Å². The summed E-state index contributed by atoms with van der Waals surface area (Å²) in [5.74, 6) is 2.01. The predicted octanol–water partition coefficient (Wildman–Crippen LogP) is 2.94. The first-order valence-electron chi connectivity index (χ1n) is 11.0. The largest absolute Gasteiger partial charge is 0.378 e. The number of benzene rings is 1. The predicted molar refractivity (Wildman–Crippen MR) is 121 cm³/mol. The molecular formula is C24H26FN5O2. The number of aromatic nitrogens is 3. The summed E-state index contributed by atoms with van der Waals surface area (Å²) in [4.78, 5) is 18.8. The monoisotopic (exact) mass is 435 g/mol. The van der Waals surface area contributed by atoms with Crippen molar-refractivity contribution in [1.82, 2.24) is 15.0 Å². The molecule has 0 radical (unpaired) electrons. The minimum Gasteiger partial charge on any atom is -0.378 e. The van der Waals surface area contributed by atoms with Crippen LogP contribution in [-0.2, 0) is 15.9 Å². The summed E-state index contributed by atoms with van der Waals surface area (Å²) in [5, 5.41) is 0. The van der Waals surface area contributed by atoms with Gasteiger partial charge in [0.2, 0.25) is 0 Å². The zero-order valence-electron chi connectivity index (χ0n) is 17.9. The number of halogens is 1. The fourth-order valence-corrected chi connectivity index (χ4v) is 4.13. The zero-order chi connectivity index (χ0) is 21.8. The van der Waals surface area contributed by atoms with E-state index in [0.29, 0.717) is 49.9 Å². The van der Waals surface area contributed by atoms with Crippen LogP contribution < -0.4 is 9.80 Å². The van der Waals surface area contributed by atoms with Gasteiger partial charge in [0.25, 0.3) is 0 Å². The van der Waals surface area contributed by atoms with Crippen LogP contribution in [0.3, 0.4) is 0 Å². The standard InChI is InChI=1S/C24H26FN5O2/c25-20-6-2-1-5-18(20)17-19-23(29-9-13-31-14-10-29)27-22(21-7-3-4-8-26-21)28-24(19)30-11-15-32-16-12-30/h1-8H,9-17H2. The topological polar surface area (TPSA) is 63.6 Å². The lowest BCUT2D eigenvalue weighted by Gasteiger charge is -2.34. The Morgan fingerprint density at radius 1 is 0.781 bits per heavy atom. The summed E-state index contributed by atoms with van der Waals surface area (Å²) in [6.45, 7) is 5.45. The third kappa shape index (κ3) is 4.42. The second-order valence-electron chi connectivity index (χ2n) is 7.85. The molecule has 0 aliphatic carbocycles. The van der Waals surface area contributed by atoms with Gasteiger partial charge >= 0.3 is 0 Å². The van der Waals surface area contributed by atoms with E-state index in [0.717, 1.165) is 43.4 Å². The number of anilines is 2. The molecule has 7 nitrogen and oxygen atoms in total. The van der Waals surface area contributed by atoms with E-state index in [2.05, 4.69) is 14.8 Å². The van der Waals surface area contributed by atoms with Crippen molar-refractivity contribution in [2.75, 3.05) is 62.4 Å². The fraction of sp³-hybridized carbons (Fsp3) is 0.375. The maximum absolute atomic E-state index is 14.6. The lowest BCUT2D eigenvalue weighted by molar-refractivity contribution is 0.121. The highest BCUT2D eigenvalue weighted by Crippen LogP contribution is 2.33. The van der Waals surface area contributed by atoms with E-state index in [1.807, 2.05) is 30.3 Å². The highest BCUT2D eigenvalue weighted by molar-refractivity contribution is 5.67. The molecule has 0 saturated carbocycles. The SMILES string of the molecule is Fc1ccccc1Cc1c(N2CCOCC2)nc(-c2ccccn2)nc1N1CCOCC1. The Kier molecular flexibility index (Phi) is 6.22. The van der Waals surface area contributed by atoms with Crippen LogP contribution >= 0.6 is 0 Å². The van der Waals surface area contributed by atoms with Crippen molar-refractivity contribution < 1.29 is 13.9 Å². The average Bonchev–Trinajstić information content (AvgIpc) is 2.87. The zero-order valence-corrected chi connectivity index (χ0v) is 17.9. The van der Waals surface area contributed by atoms with E-state index in [1.54, 1.807) is 12.3 Å². The molecule has 4 heterocycles. The molecule has 32 heavy (non-hydrogen) atoms. The average molecular weight is 436 g/mol. The van der Waals surface area contributed by atoms with Crippen molar-refractivity contribution in [3.8, 4) is 11.5 Å². The Hall–Kier alpha value is -3.10. The van der Waals surface area contributed by atoms with Crippen molar-refractivity contribution >= 4 is 11.6 Å². The van der Waals surface area contributed by atoms with Gasteiger partial charge in [-0.05, 0) is 23.8 Å². The van der Waals surface area contributed by atoms with Crippen LogP contribution in [0.1, 0.15) is 11.1 Å². The lowest BCUT2D eigenvalue weighted by Crippen LogP contribution is -2.40. The molecule has 8 heteroatoms. The summed E-state index contributed by atoms with van der Waals surface area (Å²) in [6.07, 6.45) is 2.16. The number of hydrogen-bond donors (Lipinski definition) is 0. The van der Waals surface area contributed by atoms with Crippen LogP contribution in [-0.4, -0.2) is 67.6 Å². The molecule has 0 bridgehead atoms. The molecule has 2 fully saturated rings. The molecule has 0 atom stereocenters. The van der Waals surface area contributed by atoms with Gasteiger partial charge in [-0.25, -0.2) is 14.4 Å². The number of morpholine rings is 2. The smallest absolute Gasteiger partial charge is 0.182 e. The van der Waals surface area contributed by atoms with Crippen LogP contribution in [0.25, 0.3) is 11.5 Å². The highest BCUT2D eigenvalue weighted by Gasteiger charge is 2.26. The van der Waals surface area contributed by atoms with Gasteiger partial charge in [-0.3, -0.25) is 4.98 Å². The third-order valence-corrected chi connectivity index (χ3v) is 5.80. The van der Waals surface area contributed by atoms with E-state index >= 15 is 0 Å². The number of nitrogens with zero attached hydrogens (tertiary/aromatic N) is 5. The second kappa shape index (κ2) is 9.58. The van der Waals surface area contributed by atoms with E-state index in [1.165, 1.54) is 6.07 Å². The van der Waals surface area contributed by atoms with Gasteiger partial charge in [0.1, 0.15) is 23.1 Å². The Morgan fingerprint density at radius 2 is 1.38 bits per heavy atom. The Labute approximate surface area is 186 Å². The van der Waals surface area contributed by atoms with Crippen molar-refractivity contribution in [2.24, 2.45) is 0 Å². The van der Waals surface area contributed by atoms with Gasteiger partial charge in [0.05, 0.1) is 26.4 Å². The van der Waals surface area contributed by atoms with Crippen LogP contribution in [0.15, 0.2) is 48.7 Å². The summed E-state index contributed by atoms with van der Waals surface area (Å²) in [7, 11) is 0. The van der Waals surface area contributed by atoms with Gasteiger partial charge in [-0.2, -0.15) is 0 Å². The molecule has 0 spiro atoms. The van der Waals surface area contributed by atoms with Gasteiger partial charge in [-0.1, -0.05) is 24.3 Å². The Morgan fingerprint density at radius 3 is 1.94 bits per heavy atom. The van der Waals surface area contributed by atoms with Crippen LogP contribution in [0.4, 0.5) is 16.0 Å². The summed E-state index contributed by atoms with van der Waals surface area (Å²) in [5.41, 5.74) is 2.28. The molecular weight excluding hydrogens is 409 g/mol. The minimum atomic E-state index is -0.220. The lowest BCUT2D eigenvalue weighted by atomic mass is 10.0. The van der Waals surface area contributed by atoms with Crippen molar-refractivity contribution in [3.63, 3.8) is 0 Å². The van der Waals surface area contributed by atoms with Gasteiger partial charge < -0.3 is 19.3 Å². The molecule has 0 amide bonds. The Bertz CT molecular complexity index is 1010. The van der Waals surface area contributed by atoms with Crippen LogP contribution in [0.5, 0.6) is 0 Å². The molecule has 1 aromatic carbocycles. The quantitative estimate of drug-likeness (QED) is 0.611. The first-order chi connectivity index (χ1) is 15.8. The molecule has 5 rings (SSSR count). The summed E-state index contributed by atoms with van der Waals surface area (Å²) in [6, 6.07) is 12.6. The Balaban J connectivity index is 1.67. The first kappa shape index (κ1) is 20.8. The van der Waals surface area contributed by atoms with Gasteiger partial charge in [0.15, 0.2) is 5.82 Å². The normalized spacial score (nSPS) is 16.9. The summed E-state index contributed by atoms with van der Waals surface area (Å²) >= 11 is 0. The van der Waals surface area contributed by atoms with E-state index in [4.69, 9.17) is 19.4 Å². The number of ether oxygens (including phenoxy) is 2. The van der Waals surface area contributed by atoms with Crippen molar-refractivity contribution in [2.45, 2.75) is 6.42 Å². The van der Waals surface area contributed by atoms with E-state index in [-0.39, 0.29) is 5.82 Å². The molecule has 166 valence electrons. The second-order valence-corrected chi connectivity index (χ2v) is 7.85. The number of hydrogen-bond acceptors (Lipinski definition) is 7. The van der Waals surface area contributed by atoms with E-state index in [9.17, 15) is 4.39 Å². The molecule has 2 aliphatic heterocycles. The van der Waals surface area contributed by atoms with Crippen LogP contribution in [0, 0.1) is 5.82 Å². The minimum absolute atomic E-state index is 0.220. The van der Waals surface area contributed by atoms with Crippen LogP contribution in [0.2, 0.25) is 0 Å². The van der Waals surface area contributed by atoms with Crippen molar-refractivity contribution in [1.29, 1.82) is 0 Å². The molecule has 2 saturated heterocycles. The highest BCUT2D eigenvalue weighted by atomic mass is 19.1. The number of rotatable bonds is 5. The molecule has 2 aliphatic rings. The first-order valence-corrected chi connectivity index (χ1v) is 11.0. The molecule has 0 unspecified atom stereocenters. The molecule has 3 aromatic rings. The van der Waals surface area contributed by atoms with Gasteiger partial charge in [0, 0.05) is 44.4 Å². The third-order valence-electron chi connectivity index (χ3n) is 5.80.